The predicted molar refractivity (Wildman–Crippen MR) is 50.0 cm³/mol. The number of halogens is 4. The summed E-state index contributed by atoms with van der Waals surface area (Å²) in [6.45, 7) is 2.63. The predicted octanol–water partition coefficient (Wildman–Crippen LogP) is 3.65. The average Bonchev–Trinajstić information content (AvgIpc) is 2.15. The number of alkyl halides is 3. The Morgan fingerprint density at radius 3 is 2.12 bits per heavy atom. The van der Waals surface area contributed by atoms with Gasteiger partial charge in [0.1, 0.15) is 5.82 Å². The van der Waals surface area contributed by atoms with Crippen LogP contribution in [0.15, 0.2) is 18.2 Å². The van der Waals surface area contributed by atoms with Gasteiger partial charge in [0.05, 0.1) is 17.0 Å². The number of rotatable bonds is 1. The van der Waals surface area contributed by atoms with E-state index in [4.69, 9.17) is 5.26 Å². The molecule has 0 aliphatic heterocycles. The Bertz CT molecular complexity index is 440. The monoisotopic (exact) mass is 231 g/mol. The normalized spacial score (nSPS) is 12.3. The largest absolute Gasteiger partial charge is 0.416 e. The molecule has 5 heteroatoms. The molecule has 0 aliphatic carbocycles. The number of nitrogens with zero attached hydrogens (tertiary/aromatic N) is 1. The molecule has 0 unspecified atom stereocenters. The second-order valence-corrected chi connectivity index (χ2v) is 3.92. The van der Waals surface area contributed by atoms with Crippen LogP contribution in [0.1, 0.15) is 25.0 Å². The summed E-state index contributed by atoms with van der Waals surface area (Å²) in [5.74, 6) is -0.786. The highest BCUT2D eigenvalue weighted by Gasteiger charge is 2.38. The molecule has 0 spiro atoms. The van der Waals surface area contributed by atoms with E-state index in [2.05, 4.69) is 0 Å². The van der Waals surface area contributed by atoms with Crippen LogP contribution >= 0.6 is 0 Å². The van der Waals surface area contributed by atoms with Crippen LogP contribution < -0.4 is 0 Å². The molecular weight excluding hydrogens is 222 g/mol. The summed E-state index contributed by atoms with van der Waals surface area (Å²) in [5.41, 5.74) is -2.70. The van der Waals surface area contributed by atoms with E-state index < -0.39 is 23.0 Å². The van der Waals surface area contributed by atoms with Gasteiger partial charge in [-0.05, 0) is 37.6 Å². The van der Waals surface area contributed by atoms with Gasteiger partial charge in [-0.25, -0.2) is 4.39 Å². The summed E-state index contributed by atoms with van der Waals surface area (Å²) in [5, 5.41) is 8.79. The minimum absolute atomic E-state index is 0.345. The minimum Gasteiger partial charge on any atom is -0.207 e. The summed E-state index contributed by atoms with van der Waals surface area (Å²) in [4.78, 5) is 0. The smallest absolute Gasteiger partial charge is 0.207 e. The fraction of sp³-hybridized carbons (Fsp3) is 0.364. The van der Waals surface area contributed by atoms with E-state index in [9.17, 15) is 17.6 Å². The van der Waals surface area contributed by atoms with Gasteiger partial charge in [0.15, 0.2) is 0 Å². The van der Waals surface area contributed by atoms with Crippen LogP contribution in [0, 0.1) is 17.1 Å². The van der Waals surface area contributed by atoms with Crippen LogP contribution in [0.3, 0.4) is 0 Å². The van der Waals surface area contributed by atoms with Crippen LogP contribution in [-0.2, 0) is 11.6 Å². The molecule has 0 aromatic heterocycles. The van der Waals surface area contributed by atoms with E-state index in [-0.39, 0.29) is 5.56 Å². The molecule has 1 aromatic carbocycles. The standard InChI is InChI=1S/C11H9F4N/c1-10(2,6-16)9-5-7(12)3-4-8(9)11(13,14)15/h3-5H,1-2H3. The average molecular weight is 231 g/mol. The first-order valence-electron chi connectivity index (χ1n) is 4.47. The Morgan fingerprint density at radius 2 is 1.69 bits per heavy atom. The van der Waals surface area contributed by atoms with Gasteiger partial charge in [-0.2, -0.15) is 18.4 Å². The molecule has 0 fully saturated rings. The van der Waals surface area contributed by atoms with Crippen molar-refractivity contribution in [3.05, 3.63) is 35.1 Å². The van der Waals surface area contributed by atoms with Gasteiger partial charge in [-0.1, -0.05) is 0 Å². The Labute approximate surface area is 90.3 Å². The molecular formula is C11H9F4N. The molecule has 1 rings (SSSR count). The first-order valence-corrected chi connectivity index (χ1v) is 4.47. The first-order chi connectivity index (χ1) is 7.18. The van der Waals surface area contributed by atoms with Crippen LogP contribution in [0.4, 0.5) is 17.6 Å². The summed E-state index contributed by atoms with van der Waals surface area (Å²) in [6.07, 6.45) is -4.59. The van der Waals surface area contributed by atoms with Crippen molar-refractivity contribution in [1.29, 1.82) is 5.26 Å². The number of hydrogen-bond acceptors (Lipinski definition) is 1. The lowest BCUT2D eigenvalue weighted by Crippen LogP contribution is -2.21. The van der Waals surface area contributed by atoms with Crippen LogP contribution in [0.2, 0.25) is 0 Å². The molecule has 0 saturated carbocycles. The quantitative estimate of drug-likeness (QED) is 0.677. The van der Waals surface area contributed by atoms with E-state index in [1.54, 1.807) is 6.07 Å². The van der Waals surface area contributed by atoms with Crippen molar-refractivity contribution in [2.75, 3.05) is 0 Å². The van der Waals surface area contributed by atoms with Gasteiger partial charge in [0, 0.05) is 0 Å². The maximum atomic E-state index is 12.9. The molecule has 0 atom stereocenters. The van der Waals surface area contributed by atoms with Crippen molar-refractivity contribution in [2.45, 2.75) is 25.4 Å². The molecule has 0 aliphatic rings. The first kappa shape index (κ1) is 12.5. The van der Waals surface area contributed by atoms with E-state index in [1.807, 2.05) is 0 Å². The Hall–Kier alpha value is -1.57. The lowest BCUT2D eigenvalue weighted by molar-refractivity contribution is -0.138. The highest BCUT2D eigenvalue weighted by Crippen LogP contribution is 2.37. The lowest BCUT2D eigenvalue weighted by Gasteiger charge is -2.21. The van der Waals surface area contributed by atoms with Crippen LogP contribution in [0.5, 0.6) is 0 Å². The Morgan fingerprint density at radius 1 is 1.12 bits per heavy atom. The molecule has 0 heterocycles. The summed E-state index contributed by atoms with van der Waals surface area (Å²) < 4.78 is 50.8. The van der Waals surface area contributed by atoms with Crippen LogP contribution in [0.25, 0.3) is 0 Å². The molecule has 0 N–H and O–H groups in total. The van der Waals surface area contributed by atoms with E-state index in [1.165, 1.54) is 13.8 Å². The van der Waals surface area contributed by atoms with Crippen molar-refractivity contribution in [3.8, 4) is 6.07 Å². The zero-order valence-electron chi connectivity index (χ0n) is 8.69. The zero-order chi connectivity index (χ0) is 12.6. The summed E-state index contributed by atoms with van der Waals surface area (Å²) >= 11 is 0. The molecule has 0 amide bonds. The van der Waals surface area contributed by atoms with Crippen molar-refractivity contribution in [1.82, 2.24) is 0 Å². The molecule has 1 nitrogen and oxygen atoms in total. The lowest BCUT2D eigenvalue weighted by atomic mass is 9.83. The number of nitriles is 1. The van der Waals surface area contributed by atoms with E-state index in [0.717, 1.165) is 12.1 Å². The van der Waals surface area contributed by atoms with Gasteiger partial charge in [0.25, 0.3) is 0 Å². The molecule has 0 saturated heterocycles. The van der Waals surface area contributed by atoms with E-state index in [0.29, 0.717) is 6.07 Å². The van der Waals surface area contributed by atoms with Gasteiger partial charge < -0.3 is 0 Å². The highest BCUT2D eigenvalue weighted by molar-refractivity contribution is 5.39. The SMILES string of the molecule is CC(C)(C#N)c1cc(F)ccc1C(F)(F)F. The molecule has 0 radical (unpaired) electrons. The summed E-state index contributed by atoms with van der Waals surface area (Å²) in [7, 11) is 0. The van der Waals surface area contributed by atoms with E-state index >= 15 is 0 Å². The number of hydrogen-bond donors (Lipinski definition) is 0. The maximum absolute atomic E-state index is 12.9. The molecule has 1 aromatic rings. The van der Waals surface area contributed by atoms with Crippen molar-refractivity contribution < 1.29 is 17.6 Å². The third-order valence-electron chi connectivity index (χ3n) is 2.24. The van der Waals surface area contributed by atoms with Crippen molar-refractivity contribution >= 4 is 0 Å². The van der Waals surface area contributed by atoms with Crippen molar-refractivity contribution in [3.63, 3.8) is 0 Å². The summed E-state index contributed by atoms with van der Waals surface area (Å²) in [6, 6.07) is 3.88. The second kappa shape index (κ2) is 3.78. The van der Waals surface area contributed by atoms with Gasteiger partial charge in [0.2, 0.25) is 0 Å². The maximum Gasteiger partial charge on any atom is 0.416 e. The minimum atomic E-state index is -4.59. The molecule has 86 valence electrons. The second-order valence-electron chi connectivity index (χ2n) is 3.92. The molecule has 0 bridgehead atoms. The van der Waals surface area contributed by atoms with Gasteiger partial charge in [-0.3, -0.25) is 0 Å². The third kappa shape index (κ3) is 2.32. The van der Waals surface area contributed by atoms with Crippen molar-refractivity contribution in [2.24, 2.45) is 0 Å². The van der Waals surface area contributed by atoms with Crippen LogP contribution in [-0.4, -0.2) is 0 Å². The van der Waals surface area contributed by atoms with Gasteiger partial charge >= 0.3 is 6.18 Å². The molecule has 16 heavy (non-hydrogen) atoms. The zero-order valence-corrected chi connectivity index (χ0v) is 8.69. The van der Waals surface area contributed by atoms with Gasteiger partial charge in [-0.15, -0.1) is 0 Å². The number of benzene rings is 1. The fourth-order valence-electron chi connectivity index (χ4n) is 1.34. The fourth-order valence-corrected chi connectivity index (χ4v) is 1.34. The highest BCUT2D eigenvalue weighted by atomic mass is 19.4. The Kier molecular flexibility index (Phi) is 2.95. The Balaban J connectivity index is 3.49. The topological polar surface area (TPSA) is 23.8 Å². The third-order valence-corrected chi connectivity index (χ3v) is 2.24.